The molecule has 4 bridgehead atoms. The second kappa shape index (κ2) is 6.70. The van der Waals surface area contributed by atoms with Gasteiger partial charge in [-0.05, 0) is 82.0 Å². The van der Waals surface area contributed by atoms with Crippen molar-refractivity contribution in [3.8, 4) is 0 Å². The Kier molecular flexibility index (Phi) is 4.59. The zero-order valence-corrected chi connectivity index (χ0v) is 14.8. The summed E-state index contributed by atoms with van der Waals surface area (Å²) in [5.74, 6) is 2.61. The summed E-state index contributed by atoms with van der Waals surface area (Å²) < 4.78 is 5.73. The molecule has 0 heterocycles. The van der Waals surface area contributed by atoms with Gasteiger partial charge in [0, 0.05) is 11.6 Å². The SMILES string of the molecule is C=CCOC1CCC(NC(=O)NC23CC4CC(CC(C4)C2)C3)CC1. The molecule has 0 aliphatic heterocycles. The van der Waals surface area contributed by atoms with Crippen molar-refractivity contribution in [2.75, 3.05) is 6.61 Å². The van der Waals surface area contributed by atoms with Crippen molar-refractivity contribution in [2.45, 2.75) is 81.9 Å². The molecular formula is C20H32N2O2. The van der Waals surface area contributed by atoms with Crippen molar-refractivity contribution in [1.82, 2.24) is 10.6 Å². The Bertz CT molecular complexity index is 447. The number of rotatable bonds is 5. The second-order valence-electron chi connectivity index (χ2n) is 8.89. The highest BCUT2D eigenvalue weighted by molar-refractivity contribution is 5.75. The van der Waals surface area contributed by atoms with Gasteiger partial charge in [0.1, 0.15) is 0 Å². The Hall–Kier alpha value is -1.03. The predicted molar refractivity (Wildman–Crippen MR) is 94.8 cm³/mol. The molecule has 5 aliphatic carbocycles. The molecule has 0 aromatic heterocycles. The Labute approximate surface area is 145 Å². The number of hydrogen-bond donors (Lipinski definition) is 2. The third-order valence-corrected chi connectivity index (χ3v) is 6.88. The van der Waals surface area contributed by atoms with Gasteiger partial charge in [0.15, 0.2) is 0 Å². The van der Waals surface area contributed by atoms with Crippen LogP contribution in [0.3, 0.4) is 0 Å². The van der Waals surface area contributed by atoms with Gasteiger partial charge in [-0.3, -0.25) is 0 Å². The monoisotopic (exact) mass is 332 g/mol. The molecule has 0 unspecified atom stereocenters. The van der Waals surface area contributed by atoms with Crippen LogP contribution in [0.2, 0.25) is 0 Å². The van der Waals surface area contributed by atoms with E-state index in [0.29, 0.717) is 18.8 Å². The van der Waals surface area contributed by atoms with Crippen molar-refractivity contribution >= 4 is 6.03 Å². The molecule has 4 heteroatoms. The van der Waals surface area contributed by atoms with Crippen molar-refractivity contribution in [3.63, 3.8) is 0 Å². The topological polar surface area (TPSA) is 50.4 Å². The number of amides is 2. The number of carbonyl (C=O) groups is 1. The number of carbonyl (C=O) groups excluding carboxylic acids is 1. The van der Waals surface area contributed by atoms with Crippen LogP contribution in [0.5, 0.6) is 0 Å². The van der Waals surface area contributed by atoms with E-state index in [0.717, 1.165) is 43.4 Å². The van der Waals surface area contributed by atoms with Gasteiger partial charge < -0.3 is 15.4 Å². The highest BCUT2D eigenvalue weighted by atomic mass is 16.5. The molecule has 0 saturated heterocycles. The molecule has 5 aliphatic rings. The number of nitrogens with one attached hydrogen (secondary N) is 2. The molecule has 2 amide bonds. The standard InChI is InChI=1S/C20H32N2O2/c1-2-7-24-18-5-3-17(4-6-18)21-19(23)22-20-11-14-8-15(12-20)10-16(9-14)13-20/h2,14-18H,1,3-13H2,(H2,21,22,23). The lowest BCUT2D eigenvalue weighted by atomic mass is 9.53. The quantitative estimate of drug-likeness (QED) is 0.753. The third kappa shape index (κ3) is 3.49. The van der Waals surface area contributed by atoms with Crippen LogP contribution in [0.15, 0.2) is 12.7 Å². The summed E-state index contributed by atoms with van der Waals surface area (Å²) >= 11 is 0. The summed E-state index contributed by atoms with van der Waals surface area (Å²) in [6.07, 6.45) is 14.2. The molecule has 0 radical (unpaired) electrons. The Balaban J connectivity index is 1.25. The van der Waals surface area contributed by atoms with Crippen LogP contribution in [0.4, 0.5) is 4.79 Å². The van der Waals surface area contributed by atoms with E-state index in [9.17, 15) is 4.79 Å². The lowest BCUT2D eigenvalue weighted by Crippen LogP contribution is -2.62. The summed E-state index contributed by atoms with van der Waals surface area (Å²) in [4.78, 5) is 12.6. The fraction of sp³-hybridized carbons (Fsp3) is 0.850. The zero-order valence-electron chi connectivity index (χ0n) is 14.8. The average molecular weight is 332 g/mol. The first-order valence-electron chi connectivity index (χ1n) is 9.95. The van der Waals surface area contributed by atoms with Gasteiger partial charge in [-0.15, -0.1) is 6.58 Å². The van der Waals surface area contributed by atoms with E-state index in [1.807, 2.05) is 6.08 Å². The van der Waals surface area contributed by atoms with Gasteiger partial charge in [-0.25, -0.2) is 4.79 Å². The normalized spacial score (nSPS) is 43.4. The van der Waals surface area contributed by atoms with Gasteiger partial charge in [0.25, 0.3) is 0 Å². The molecule has 0 aromatic rings. The molecule has 0 spiro atoms. The highest BCUT2D eigenvalue weighted by Crippen LogP contribution is 2.55. The Morgan fingerprint density at radius 1 is 1.04 bits per heavy atom. The molecule has 0 aromatic carbocycles. The van der Waals surface area contributed by atoms with Crippen LogP contribution in [0.1, 0.15) is 64.2 Å². The molecular weight excluding hydrogens is 300 g/mol. The maximum atomic E-state index is 12.6. The minimum absolute atomic E-state index is 0.0763. The molecule has 5 rings (SSSR count). The minimum atomic E-state index is 0.0763. The number of hydrogen-bond acceptors (Lipinski definition) is 2. The summed E-state index contributed by atoms with van der Waals surface area (Å²) in [6, 6.07) is 0.384. The largest absolute Gasteiger partial charge is 0.374 e. The molecule has 4 nitrogen and oxygen atoms in total. The summed E-state index contributed by atoms with van der Waals surface area (Å²) in [5, 5.41) is 6.67. The van der Waals surface area contributed by atoms with Crippen molar-refractivity contribution in [3.05, 3.63) is 12.7 Å². The van der Waals surface area contributed by atoms with Crippen LogP contribution in [0.25, 0.3) is 0 Å². The van der Waals surface area contributed by atoms with Gasteiger partial charge in [0.2, 0.25) is 0 Å². The smallest absolute Gasteiger partial charge is 0.315 e. The average Bonchev–Trinajstić information content (AvgIpc) is 2.52. The van der Waals surface area contributed by atoms with Gasteiger partial charge in [-0.1, -0.05) is 6.08 Å². The van der Waals surface area contributed by atoms with Crippen molar-refractivity contribution in [2.24, 2.45) is 17.8 Å². The van der Waals surface area contributed by atoms with Gasteiger partial charge in [-0.2, -0.15) is 0 Å². The Morgan fingerprint density at radius 2 is 1.62 bits per heavy atom. The van der Waals surface area contributed by atoms with Crippen molar-refractivity contribution < 1.29 is 9.53 Å². The van der Waals surface area contributed by atoms with Crippen LogP contribution < -0.4 is 10.6 Å². The van der Waals surface area contributed by atoms with Gasteiger partial charge >= 0.3 is 6.03 Å². The van der Waals surface area contributed by atoms with Crippen molar-refractivity contribution in [1.29, 1.82) is 0 Å². The second-order valence-corrected chi connectivity index (χ2v) is 8.89. The fourth-order valence-corrected chi connectivity index (χ4v) is 6.30. The van der Waals surface area contributed by atoms with E-state index in [4.69, 9.17) is 4.74 Å². The zero-order chi connectivity index (χ0) is 16.6. The first-order chi connectivity index (χ1) is 11.6. The predicted octanol–water partition coefficient (Wildman–Crippen LogP) is 3.77. The third-order valence-electron chi connectivity index (χ3n) is 6.88. The Morgan fingerprint density at radius 3 is 2.17 bits per heavy atom. The lowest BCUT2D eigenvalue weighted by Gasteiger charge is -2.56. The molecule has 5 fully saturated rings. The lowest BCUT2D eigenvalue weighted by molar-refractivity contribution is -0.0139. The maximum absolute atomic E-state index is 12.6. The first kappa shape index (κ1) is 16.4. The fourth-order valence-electron chi connectivity index (χ4n) is 6.30. The minimum Gasteiger partial charge on any atom is -0.374 e. The van der Waals surface area contributed by atoms with E-state index in [1.165, 1.54) is 38.5 Å². The van der Waals surface area contributed by atoms with Crippen LogP contribution in [-0.2, 0) is 4.74 Å². The highest BCUT2D eigenvalue weighted by Gasteiger charge is 2.51. The molecule has 24 heavy (non-hydrogen) atoms. The van der Waals surface area contributed by atoms with Gasteiger partial charge in [0.05, 0.1) is 12.7 Å². The first-order valence-corrected chi connectivity index (χ1v) is 9.95. The summed E-state index contributed by atoms with van der Waals surface area (Å²) in [6.45, 7) is 4.33. The van der Waals surface area contributed by atoms with E-state index in [2.05, 4.69) is 17.2 Å². The summed E-state index contributed by atoms with van der Waals surface area (Å²) in [7, 11) is 0. The number of urea groups is 1. The molecule has 5 saturated carbocycles. The summed E-state index contributed by atoms with van der Waals surface area (Å²) in [5.41, 5.74) is 0.114. The van der Waals surface area contributed by atoms with Crippen LogP contribution in [-0.4, -0.2) is 30.3 Å². The van der Waals surface area contributed by atoms with E-state index in [-0.39, 0.29) is 11.6 Å². The van der Waals surface area contributed by atoms with E-state index in [1.54, 1.807) is 0 Å². The van der Waals surface area contributed by atoms with E-state index < -0.39 is 0 Å². The molecule has 2 N–H and O–H groups in total. The molecule has 0 atom stereocenters. The number of ether oxygens (including phenoxy) is 1. The van der Waals surface area contributed by atoms with E-state index >= 15 is 0 Å². The van der Waals surface area contributed by atoms with Crippen LogP contribution in [0, 0.1) is 17.8 Å². The molecule has 134 valence electrons. The maximum Gasteiger partial charge on any atom is 0.315 e. The van der Waals surface area contributed by atoms with Crippen LogP contribution >= 0.6 is 0 Å².